The van der Waals surface area contributed by atoms with Gasteiger partial charge in [-0.25, -0.2) is 13.6 Å². The summed E-state index contributed by atoms with van der Waals surface area (Å²) >= 11 is 1.22. The Bertz CT molecular complexity index is 680. The summed E-state index contributed by atoms with van der Waals surface area (Å²) in [7, 11) is -1.96. The van der Waals surface area contributed by atoms with Crippen molar-refractivity contribution in [2.75, 3.05) is 5.73 Å². The van der Waals surface area contributed by atoms with Crippen LogP contribution in [0.25, 0.3) is 0 Å². The molecule has 2 rings (SSSR count). The first kappa shape index (κ1) is 12.9. The first-order valence-electron chi connectivity index (χ1n) is 4.82. The molecule has 0 saturated heterocycles. The first-order chi connectivity index (χ1) is 8.38. The second kappa shape index (κ2) is 4.59. The molecule has 1 heterocycles. The molecule has 0 aliphatic carbocycles. The Morgan fingerprint density at radius 2 is 2.11 bits per heavy atom. The van der Waals surface area contributed by atoms with Crippen molar-refractivity contribution in [3.05, 3.63) is 24.5 Å². The molecule has 0 amide bonds. The van der Waals surface area contributed by atoms with Gasteiger partial charge in [-0.1, -0.05) is 0 Å². The van der Waals surface area contributed by atoms with E-state index in [0.717, 1.165) is 0 Å². The summed E-state index contributed by atoms with van der Waals surface area (Å²) in [6.45, 7) is 0. The molecule has 1 aromatic carbocycles. The lowest BCUT2D eigenvalue weighted by Gasteiger charge is -2.06. The molecule has 0 unspecified atom stereocenters. The number of rotatable bonds is 3. The summed E-state index contributed by atoms with van der Waals surface area (Å²) in [6, 6.07) is 4.29. The van der Waals surface area contributed by atoms with Crippen LogP contribution in [0.15, 0.2) is 39.5 Å². The van der Waals surface area contributed by atoms with Crippen molar-refractivity contribution in [2.45, 2.75) is 14.9 Å². The van der Waals surface area contributed by atoms with Crippen molar-refractivity contribution in [3.8, 4) is 0 Å². The second-order valence-electron chi connectivity index (χ2n) is 3.57. The lowest BCUT2D eigenvalue weighted by atomic mass is 10.3. The van der Waals surface area contributed by atoms with Crippen molar-refractivity contribution in [3.63, 3.8) is 0 Å². The highest BCUT2D eigenvalue weighted by molar-refractivity contribution is 7.99. The van der Waals surface area contributed by atoms with E-state index in [0.29, 0.717) is 15.7 Å². The number of anilines is 1. The number of hydrogen-bond acceptors (Lipinski definition) is 6. The summed E-state index contributed by atoms with van der Waals surface area (Å²) in [5, 5.41) is 13.3. The minimum Gasteiger partial charge on any atom is -0.398 e. The zero-order valence-corrected chi connectivity index (χ0v) is 11.1. The van der Waals surface area contributed by atoms with E-state index < -0.39 is 10.0 Å². The zero-order chi connectivity index (χ0) is 13.3. The van der Waals surface area contributed by atoms with Gasteiger partial charge >= 0.3 is 0 Å². The van der Waals surface area contributed by atoms with Crippen LogP contribution in [-0.2, 0) is 17.1 Å². The van der Waals surface area contributed by atoms with Gasteiger partial charge in [0.15, 0.2) is 5.16 Å². The van der Waals surface area contributed by atoms with E-state index >= 15 is 0 Å². The molecule has 0 aliphatic rings. The number of aryl methyl sites for hydroxylation is 1. The van der Waals surface area contributed by atoms with Gasteiger partial charge in [0.25, 0.3) is 0 Å². The molecule has 0 spiro atoms. The van der Waals surface area contributed by atoms with E-state index in [1.807, 2.05) is 0 Å². The standard InChI is InChI=1S/C9H11N5O2S2/c1-14-5-12-13-9(14)17-8-4-6(18(11,15)16)2-3-7(8)10/h2-5H,10H2,1H3,(H2,11,15,16). The van der Waals surface area contributed by atoms with E-state index in [1.165, 1.54) is 30.0 Å². The summed E-state index contributed by atoms with van der Waals surface area (Å²) in [4.78, 5) is 0.582. The third kappa shape index (κ3) is 2.63. The molecule has 2 aromatic rings. The molecule has 96 valence electrons. The third-order valence-electron chi connectivity index (χ3n) is 2.18. The average Bonchev–Trinajstić information content (AvgIpc) is 2.66. The number of hydrogen-bond donors (Lipinski definition) is 2. The largest absolute Gasteiger partial charge is 0.398 e. The molecule has 0 aliphatic heterocycles. The Labute approximate surface area is 108 Å². The summed E-state index contributed by atoms with van der Waals surface area (Å²) in [5.41, 5.74) is 6.24. The number of sulfonamides is 1. The predicted octanol–water partition coefficient (Wildman–Crippen LogP) is 0.196. The van der Waals surface area contributed by atoms with Crippen LogP contribution in [-0.4, -0.2) is 23.2 Å². The monoisotopic (exact) mass is 285 g/mol. The van der Waals surface area contributed by atoms with E-state index in [4.69, 9.17) is 10.9 Å². The molecule has 0 fully saturated rings. The fourth-order valence-corrected chi connectivity index (χ4v) is 2.71. The van der Waals surface area contributed by atoms with Gasteiger partial charge in [0.05, 0.1) is 4.90 Å². The normalized spacial score (nSPS) is 11.7. The number of benzene rings is 1. The Kier molecular flexibility index (Phi) is 3.28. The van der Waals surface area contributed by atoms with Crippen LogP contribution in [0, 0.1) is 0 Å². The number of aromatic nitrogens is 3. The topological polar surface area (TPSA) is 117 Å². The molecule has 0 atom stereocenters. The van der Waals surface area contributed by atoms with E-state index in [-0.39, 0.29) is 4.90 Å². The van der Waals surface area contributed by atoms with Crippen molar-refractivity contribution in [1.82, 2.24) is 14.8 Å². The summed E-state index contributed by atoms with van der Waals surface area (Å²) < 4.78 is 24.2. The maximum Gasteiger partial charge on any atom is 0.238 e. The molecule has 0 bridgehead atoms. The highest BCUT2D eigenvalue weighted by Crippen LogP contribution is 2.31. The molecule has 1 aromatic heterocycles. The van der Waals surface area contributed by atoms with Crippen molar-refractivity contribution < 1.29 is 8.42 Å². The van der Waals surface area contributed by atoms with Gasteiger partial charge < -0.3 is 10.3 Å². The fraction of sp³-hybridized carbons (Fsp3) is 0.111. The Morgan fingerprint density at radius 1 is 1.39 bits per heavy atom. The van der Waals surface area contributed by atoms with Crippen LogP contribution >= 0.6 is 11.8 Å². The SMILES string of the molecule is Cn1cnnc1Sc1cc(S(N)(=O)=O)ccc1N. The van der Waals surface area contributed by atoms with Crippen LogP contribution in [0.3, 0.4) is 0 Å². The fourth-order valence-electron chi connectivity index (χ4n) is 1.24. The number of nitrogens with two attached hydrogens (primary N) is 2. The average molecular weight is 285 g/mol. The van der Waals surface area contributed by atoms with E-state index in [9.17, 15) is 8.42 Å². The molecule has 7 nitrogen and oxygen atoms in total. The highest BCUT2D eigenvalue weighted by atomic mass is 32.2. The van der Waals surface area contributed by atoms with Gasteiger partial charge in [-0.05, 0) is 30.0 Å². The number of primary sulfonamides is 1. The van der Waals surface area contributed by atoms with Gasteiger partial charge in [0.2, 0.25) is 10.0 Å². The minimum absolute atomic E-state index is 0.0152. The molecular weight excluding hydrogens is 274 g/mol. The van der Waals surface area contributed by atoms with Gasteiger partial charge in [-0.3, -0.25) is 0 Å². The minimum atomic E-state index is -3.74. The van der Waals surface area contributed by atoms with Gasteiger partial charge in [0.1, 0.15) is 6.33 Å². The molecular formula is C9H11N5O2S2. The summed E-state index contributed by atoms with van der Waals surface area (Å²) in [6.07, 6.45) is 1.54. The third-order valence-corrected chi connectivity index (χ3v) is 4.22. The molecule has 0 saturated carbocycles. The van der Waals surface area contributed by atoms with Crippen LogP contribution in [0.1, 0.15) is 0 Å². The van der Waals surface area contributed by atoms with Gasteiger partial charge in [-0.2, -0.15) is 0 Å². The van der Waals surface area contributed by atoms with Crippen LogP contribution in [0.4, 0.5) is 5.69 Å². The first-order valence-corrected chi connectivity index (χ1v) is 7.18. The van der Waals surface area contributed by atoms with Crippen molar-refractivity contribution >= 4 is 27.5 Å². The quantitative estimate of drug-likeness (QED) is 0.778. The summed E-state index contributed by atoms with van der Waals surface area (Å²) in [5.74, 6) is 0. The Hall–Kier alpha value is -1.58. The molecule has 18 heavy (non-hydrogen) atoms. The molecule has 0 radical (unpaired) electrons. The maximum atomic E-state index is 11.3. The van der Waals surface area contributed by atoms with Crippen LogP contribution < -0.4 is 10.9 Å². The van der Waals surface area contributed by atoms with Crippen molar-refractivity contribution in [2.24, 2.45) is 12.2 Å². The lowest BCUT2D eigenvalue weighted by Crippen LogP contribution is -2.12. The Balaban J connectivity index is 2.42. The van der Waals surface area contributed by atoms with Gasteiger partial charge in [0, 0.05) is 17.6 Å². The zero-order valence-electron chi connectivity index (χ0n) is 9.44. The van der Waals surface area contributed by atoms with Crippen LogP contribution in [0.5, 0.6) is 0 Å². The highest BCUT2D eigenvalue weighted by Gasteiger charge is 2.13. The number of nitrogens with zero attached hydrogens (tertiary/aromatic N) is 3. The lowest BCUT2D eigenvalue weighted by molar-refractivity contribution is 0.597. The van der Waals surface area contributed by atoms with Crippen molar-refractivity contribution in [1.29, 1.82) is 0 Å². The Morgan fingerprint density at radius 3 is 2.67 bits per heavy atom. The van der Waals surface area contributed by atoms with Gasteiger partial charge in [-0.15, -0.1) is 10.2 Å². The van der Waals surface area contributed by atoms with E-state index in [1.54, 1.807) is 17.9 Å². The molecule has 9 heteroatoms. The molecule has 4 N–H and O–H groups in total. The smallest absolute Gasteiger partial charge is 0.238 e. The maximum absolute atomic E-state index is 11.3. The second-order valence-corrected chi connectivity index (χ2v) is 6.14. The van der Waals surface area contributed by atoms with E-state index in [2.05, 4.69) is 10.2 Å². The number of nitrogen functional groups attached to an aromatic ring is 1. The van der Waals surface area contributed by atoms with Crippen LogP contribution in [0.2, 0.25) is 0 Å². The predicted molar refractivity (Wildman–Crippen MR) is 67.4 cm³/mol.